The Morgan fingerprint density at radius 2 is 2.08 bits per heavy atom. The molecule has 64 valence electrons. The number of hydrogen-bond donors (Lipinski definition) is 1. The summed E-state index contributed by atoms with van der Waals surface area (Å²) in [6, 6.07) is 10.4. The molecule has 2 rings (SSSR count). The molecule has 2 N–H and O–H groups in total. The zero-order valence-electron chi connectivity index (χ0n) is 7.07. The Hall–Kier alpha value is -0.860. The highest BCUT2D eigenvalue weighted by Crippen LogP contribution is 2.15. The van der Waals surface area contributed by atoms with Gasteiger partial charge in [-0.2, -0.15) is 0 Å². The molecule has 0 amide bonds. The van der Waals surface area contributed by atoms with E-state index in [4.69, 9.17) is 4.74 Å². The van der Waals surface area contributed by atoms with Crippen LogP contribution in [0.3, 0.4) is 0 Å². The summed E-state index contributed by atoms with van der Waals surface area (Å²) in [5, 5.41) is 2.31. The average molecular weight is 164 g/mol. The second kappa shape index (κ2) is 3.70. The van der Waals surface area contributed by atoms with Crippen molar-refractivity contribution in [2.75, 3.05) is 19.7 Å². The molecule has 0 radical (unpaired) electrons. The number of morpholine rings is 1. The Bertz CT molecular complexity index is 229. The predicted octanol–water partition coefficient (Wildman–Crippen LogP) is 0.321. The minimum Gasteiger partial charge on any atom is -0.362 e. The Kier molecular flexibility index (Phi) is 2.39. The molecule has 0 aliphatic carbocycles. The molecular formula is C10H14NO+. The van der Waals surface area contributed by atoms with Gasteiger partial charge in [-0.15, -0.1) is 0 Å². The maximum absolute atomic E-state index is 5.63. The molecule has 12 heavy (non-hydrogen) atoms. The standard InChI is InChI=1S/C10H13NO/c1-2-4-9(5-3-1)10-8-11-6-7-12-10/h1-5,10-11H,6-8H2/p+1. The van der Waals surface area contributed by atoms with Gasteiger partial charge in [-0.1, -0.05) is 30.3 Å². The fourth-order valence-corrected chi connectivity index (χ4v) is 1.53. The van der Waals surface area contributed by atoms with Crippen LogP contribution in [0.5, 0.6) is 0 Å². The van der Waals surface area contributed by atoms with Crippen LogP contribution in [-0.2, 0) is 4.74 Å². The van der Waals surface area contributed by atoms with E-state index < -0.39 is 0 Å². The van der Waals surface area contributed by atoms with Gasteiger partial charge in [0.2, 0.25) is 0 Å². The quantitative estimate of drug-likeness (QED) is 0.635. The van der Waals surface area contributed by atoms with Crippen molar-refractivity contribution in [3.63, 3.8) is 0 Å². The summed E-state index contributed by atoms with van der Waals surface area (Å²) >= 11 is 0. The molecule has 0 saturated carbocycles. The van der Waals surface area contributed by atoms with Crippen molar-refractivity contribution in [2.24, 2.45) is 0 Å². The van der Waals surface area contributed by atoms with E-state index in [1.165, 1.54) is 5.56 Å². The Morgan fingerprint density at radius 1 is 1.25 bits per heavy atom. The van der Waals surface area contributed by atoms with Crippen molar-refractivity contribution in [2.45, 2.75) is 6.10 Å². The highest BCUT2D eigenvalue weighted by Gasteiger charge is 2.17. The summed E-state index contributed by atoms with van der Waals surface area (Å²) in [6.45, 7) is 3.03. The molecular weight excluding hydrogens is 150 g/mol. The van der Waals surface area contributed by atoms with Gasteiger partial charge in [0, 0.05) is 0 Å². The number of rotatable bonds is 1. The van der Waals surface area contributed by atoms with Crippen LogP contribution in [0.25, 0.3) is 0 Å². The molecule has 1 aliphatic rings. The van der Waals surface area contributed by atoms with E-state index in [1.54, 1.807) is 0 Å². The first-order valence-electron chi connectivity index (χ1n) is 4.45. The maximum Gasteiger partial charge on any atom is 0.131 e. The Balaban J connectivity index is 2.08. The van der Waals surface area contributed by atoms with Gasteiger partial charge >= 0.3 is 0 Å². The predicted molar refractivity (Wildman–Crippen MR) is 46.8 cm³/mol. The van der Waals surface area contributed by atoms with Gasteiger partial charge in [0.05, 0.1) is 13.2 Å². The van der Waals surface area contributed by atoms with Gasteiger partial charge in [-0.3, -0.25) is 0 Å². The van der Waals surface area contributed by atoms with E-state index in [0.29, 0.717) is 6.10 Å². The van der Waals surface area contributed by atoms with Crippen LogP contribution in [0, 0.1) is 0 Å². The minimum atomic E-state index is 0.306. The summed E-state index contributed by atoms with van der Waals surface area (Å²) in [7, 11) is 0. The molecule has 1 heterocycles. The fraction of sp³-hybridized carbons (Fsp3) is 0.400. The first kappa shape index (κ1) is 7.77. The SMILES string of the molecule is c1ccc(C2C[NH2+]CCO2)cc1. The average Bonchev–Trinajstić information content (AvgIpc) is 2.21. The summed E-state index contributed by atoms with van der Waals surface area (Å²) < 4.78 is 5.63. The van der Waals surface area contributed by atoms with Gasteiger partial charge in [-0.05, 0) is 5.56 Å². The molecule has 2 heteroatoms. The van der Waals surface area contributed by atoms with E-state index in [9.17, 15) is 0 Å². The van der Waals surface area contributed by atoms with Crippen LogP contribution in [0.15, 0.2) is 30.3 Å². The third-order valence-electron chi connectivity index (χ3n) is 2.19. The fourth-order valence-electron chi connectivity index (χ4n) is 1.53. The topological polar surface area (TPSA) is 25.8 Å². The van der Waals surface area contributed by atoms with E-state index in [2.05, 4.69) is 29.6 Å². The van der Waals surface area contributed by atoms with Crippen molar-refractivity contribution in [3.8, 4) is 0 Å². The Labute approximate surface area is 72.5 Å². The molecule has 1 aromatic rings. The molecule has 1 atom stereocenters. The van der Waals surface area contributed by atoms with Crippen molar-refractivity contribution >= 4 is 0 Å². The molecule has 2 nitrogen and oxygen atoms in total. The zero-order valence-corrected chi connectivity index (χ0v) is 7.07. The van der Waals surface area contributed by atoms with Crippen molar-refractivity contribution in [1.29, 1.82) is 0 Å². The molecule has 0 aromatic heterocycles. The first-order valence-corrected chi connectivity index (χ1v) is 4.45. The van der Waals surface area contributed by atoms with Crippen LogP contribution < -0.4 is 5.32 Å². The molecule has 0 spiro atoms. The minimum absolute atomic E-state index is 0.306. The van der Waals surface area contributed by atoms with Gasteiger partial charge in [-0.25, -0.2) is 0 Å². The maximum atomic E-state index is 5.63. The Morgan fingerprint density at radius 3 is 2.75 bits per heavy atom. The number of quaternary nitrogens is 1. The molecule has 1 aromatic carbocycles. The lowest BCUT2D eigenvalue weighted by Gasteiger charge is -2.20. The van der Waals surface area contributed by atoms with Crippen LogP contribution in [-0.4, -0.2) is 19.7 Å². The van der Waals surface area contributed by atoms with Gasteiger partial charge < -0.3 is 10.1 Å². The first-order chi connectivity index (χ1) is 5.97. The second-order valence-corrected chi connectivity index (χ2v) is 3.08. The highest BCUT2D eigenvalue weighted by atomic mass is 16.5. The lowest BCUT2D eigenvalue weighted by molar-refractivity contribution is -0.678. The van der Waals surface area contributed by atoms with Crippen molar-refractivity contribution in [1.82, 2.24) is 0 Å². The van der Waals surface area contributed by atoms with Crippen LogP contribution in [0.2, 0.25) is 0 Å². The lowest BCUT2D eigenvalue weighted by atomic mass is 10.1. The van der Waals surface area contributed by atoms with Crippen LogP contribution in [0.4, 0.5) is 0 Å². The summed E-state index contributed by atoms with van der Waals surface area (Å²) in [4.78, 5) is 0. The van der Waals surface area contributed by atoms with Crippen molar-refractivity contribution < 1.29 is 10.1 Å². The van der Waals surface area contributed by atoms with E-state index >= 15 is 0 Å². The van der Waals surface area contributed by atoms with Crippen LogP contribution >= 0.6 is 0 Å². The number of nitrogens with two attached hydrogens (primary N) is 1. The zero-order chi connectivity index (χ0) is 8.23. The number of hydrogen-bond acceptors (Lipinski definition) is 1. The van der Waals surface area contributed by atoms with E-state index in [1.807, 2.05) is 6.07 Å². The molecule has 1 aliphatic heterocycles. The van der Waals surface area contributed by atoms with Gasteiger partial charge in [0.1, 0.15) is 12.6 Å². The normalized spacial score (nSPS) is 23.8. The third-order valence-corrected chi connectivity index (χ3v) is 2.19. The van der Waals surface area contributed by atoms with E-state index in [-0.39, 0.29) is 0 Å². The smallest absolute Gasteiger partial charge is 0.131 e. The van der Waals surface area contributed by atoms with Gasteiger partial charge in [0.25, 0.3) is 0 Å². The number of benzene rings is 1. The molecule has 0 bridgehead atoms. The summed E-state index contributed by atoms with van der Waals surface area (Å²) in [5.41, 5.74) is 1.30. The van der Waals surface area contributed by atoms with E-state index in [0.717, 1.165) is 19.7 Å². The largest absolute Gasteiger partial charge is 0.362 e. The summed E-state index contributed by atoms with van der Waals surface area (Å²) in [6.07, 6.45) is 0.306. The summed E-state index contributed by atoms with van der Waals surface area (Å²) in [5.74, 6) is 0. The molecule has 1 saturated heterocycles. The molecule has 1 unspecified atom stereocenters. The monoisotopic (exact) mass is 164 g/mol. The second-order valence-electron chi connectivity index (χ2n) is 3.08. The third kappa shape index (κ3) is 1.65. The highest BCUT2D eigenvalue weighted by molar-refractivity contribution is 5.17. The van der Waals surface area contributed by atoms with Crippen LogP contribution in [0.1, 0.15) is 11.7 Å². The van der Waals surface area contributed by atoms with Crippen molar-refractivity contribution in [3.05, 3.63) is 35.9 Å². The number of ether oxygens (including phenoxy) is 1. The lowest BCUT2D eigenvalue weighted by Crippen LogP contribution is -2.88. The molecule has 1 fully saturated rings. The van der Waals surface area contributed by atoms with Gasteiger partial charge in [0.15, 0.2) is 0 Å².